The van der Waals surface area contributed by atoms with Crippen molar-refractivity contribution in [3.05, 3.63) is 24.3 Å². The molecular weight excluding hydrogens is 457 g/mol. The predicted molar refractivity (Wildman–Crippen MR) is 105 cm³/mol. The molecule has 12 heteroatoms. The number of rotatable bonds is 7. The third-order valence-corrected chi connectivity index (χ3v) is 5.50. The van der Waals surface area contributed by atoms with Crippen LogP contribution < -0.4 is 4.74 Å². The molecule has 8 nitrogen and oxygen atoms in total. The lowest BCUT2D eigenvalue weighted by atomic mass is 9.91. The largest absolute Gasteiger partial charge is 0.573 e. The van der Waals surface area contributed by atoms with Gasteiger partial charge in [-0.1, -0.05) is 18.7 Å². The van der Waals surface area contributed by atoms with Crippen LogP contribution in [-0.4, -0.2) is 54.6 Å². The summed E-state index contributed by atoms with van der Waals surface area (Å²) in [5.41, 5.74) is -0.823. The van der Waals surface area contributed by atoms with Crippen molar-refractivity contribution in [2.75, 3.05) is 6.61 Å². The quantitative estimate of drug-likeness (QED) is 0.429. The van der Waals surface area contributed by atoms with Gasteiger partial charge in [-0.3, -0.25) is 14.4 Å². The highest BCUT2D eigenvalue weighted by molar-refractivity contribution is 7.99. The number of carbonyl (C=O) groups excluding carboxylic acids is 3. The maximum absolute atomic E-state index is 12.4. The van der Waals surface area contributed by atoms with Crippen molar-refractivity contribution >= 4 is 29.7 Å². The lowest BCUT2D eigenvalue weighted by Crippen LogP contribution is -2.56. The molecule has 1 saturated heterocycles. The van der Waals surface area contributed by atoms with E-state index in [9.17, 15) is 27.6 Å². The second-order valence-electron chi connectivity index (χ2n) is 6.99. The number of benzene rings is 1. The monoisotopic (exact) mass is 480 g/mol. The van der Waals surface area contributed by atoms with Crippen molar-refractivity contribution < 1.29 is 51.2 Å². The lowest BCUT2D eigenvalue weighted by molar-refractivity contribution is -0.274. The molecule has 0 amide bonds. The molecule has 1 aliphatic heterocycles. The molecule has 0 aliphatic carbocycles. The van der Waals surface area contributed by atoms with Gasteiger partial charge in [0, 0.05) is 31.6 Å². The summed E-state index contributed by atoms with van der Waals surface area (Å²) in [4.78, 5) is 35.0. The molecule has 2 rings (SSSR count). The molecule has 3 unspecified atom stereocenters. The molecule has 32 heavy (non-hydrogen) atoms. The normalized spacial score (nSPS) is 25.5. The number of esters is 3. The van der Waals surface area contributed by atoms with Gasteiger partial charge in [0.1, 0.15) is 36.1 Å². The van der Waals surface area contributed by atoms with Gasteiger partial charge in [-0.05, 0) is 24.3 Å². The predicted octanol–water partition coefficient (Wildman–Crippen LogP) is 3.46. The first-order valence-electron chi connectivity index (χ1n) is 9.51. The highest BCUT2D eigenvalue weighted by Gasteiger charge is 2.48. The zero-order chi connectivity index (χ0) is 24.1. The third-order valence-electron chi connectivity index (χ3n) is 4.34. The third kappa shape index (κ3) is 7.90. The van der Waals surface area contributed by atoms with E-state index in [1.165, 1.54) is 32.9 Å². The summed E-state index contributed by atoms with van der Waals surface area (Å²) in [6, 6.07) is 5.06. The second-order valence-corrected chi connectivity index (χ2v) is 8.16. The Bertz CT molecular complexity index is 812. The molecule has 1 aromatic rings. The van der Waals surface area contributed by atoms with Crippen molar-refractivity contribution in [1.82, 2.24) is 0 Å². The molecule has 0 aromatic heterocycles. The van der Waals surface area contributed by atoms with Crippen LogP contribution in [0.3, 0.4) is 0 Å². The van der Waals surface area contributed by atoms with Crippen LogP contribution in [0.2, 0.25) is 0 Å². The Morgan fingerprint density at radius 1 is 0.969 bits per heavy atom. The van der Waals surface area contributed by atoms with E-state index in [1.54, 1.807) is 6.92 Å². The highest BCUT2D eigenvalue weighted by atomic mass is 32.2. The number of hydrogen-bond donors (Lipinski definition) is 0. The van der Waals surface area contributed by atoms with Crippen molar-refractivity contribution in [3.8, 4) is 5.75 Å². The van der Waals surface area contributed by atoms with Gasteiger partial charge in [-0.2, -0.15) is 0 Å². The zero-order valence-corrected chi connectivity index (χ0v) is 18.5. The number of alkyl halides is 3. The number of carbonyl (C=O) groups is 3. The average molecular weight is 480 g/mol. The number of ether oxygens (including phenoxy) is 5. The van der Waals surface area contributed by atoms with E-state index >= 15 is 0 Å². The molecule has 178 valence electrons. The fraction of sp³-hybridized carbons (Fsp3) is 0.550. The Morgan fingerprint density at radius 2 is 1.53 bits per heavy atom. The number of thioether (sulfide) groups is 1. The van der Waals surface area contributed by atoms with Crippen molar-refractivity contribution in [1.29, 1.82) is 0 Å². The smallest absolute Gasteiger partial charge is 0.463 e. The molecule has 1 aliphatic rings. The van der Waals surface area contributed by atoms with Crippen LogP contribution in [0, 0.1) is 5.92 Å². The Balaban J connectivity index is 2.25. The first kappa shape index (κ1) is 25.8. The molecule has 0 radical (unpaired) electrons. The fourth-order valence-electron chi connectivity index (χ4n) is 3.11. The van der Waals surface area contributed by atoms with Crippen molar-refractivity contribution in [2.45, 2.75) is 62.7 Å². The molecule has 0 saturated carbocycles. The summed E-state index contributed by atoms with van der Waals surface area (Å²) in [5, 5.41) is 0. The van der Waals surface area contributed by atoms with Gasteiger partial charge in [0.25, 0.3) is 0 Å². The standard InChI is InChI=1S/C20H23F3O8S/c1-10-17(28-12(3)25)16(9-27-11(2)24)30-19(18(10)29-13(4)26)32-15-7-5-14(6-8-15)31-20(21,22)23/h5-8,10,16-19H,9H2,1-4H3/t10?,16?,17-,18?,19-/m1/s1. The van der Waals surface area contributed by atoms with Crippen molar-refractivity contribution in [2.24, 2.45) is 5.92 Å². The van der Waals surface area contributed by atoms with E-state index in [2.05, 4.69) is 4.74 Å². The maximum atomic E-state index is 12.4. The zero-order valence-electron chi connectivity index (χ0n) is 17.7. The van der Waals surface area contributed by atoms with Gasteiger partial charge >= 0.3 is 24.3 Å². The van der Waals surface area contributed by atoms with Crippen LogP contribution in [0.5, 0.6) is 5.75 Å². The van der Waals surface area contributed by atoms with E-state index in [-0.39, 0.29) is 12.4 Å². The summed E-state index contributed by atoms with van der Waals surface area (Å²) in [6.45, 7) is 5.12. The van der Waals surface area contributed by atoms with Gasteiger partial charge in [0.2, 0.25) is 0 Å². The second kappa shape index (κ2) is 10.9. The van der Waals surface area contributed by atoms with Gasteiger partial charge in [-0.25, -0.2) is 0 Å². The Morgan fingerprint density at radius 3 is 2.03 bits per heavy atom. The fourth-order valence-corrected chi connectivity index (χ4v) is 4.31. The van der Waals surface area contributed by atoms with Gasteiger partial charge in [0.05, 0.1) is 0 Å². The SMILES string of the molecule is CC(=O)OCC1O[C@H](Sc2ccc(OC(F)(F)F)cc2)C(OC(C)=O)C(C)[C@H]1OC(C)=O. The molecule has 5 atom stereocenters. The minimum Gasteiger partial charge on any atom is -0.463 e. The molecule has 0 N–H and O–H groups in total. The summed E-state index contributed by atoms with van der Waals surface area (Å²) in [6.07, 6.45) is -7.39. The molecule has 0 spiro atoms. The van der Waals surface area contributed by atoms with Gasteiger partial charge < -0.3 is 23.7 Å². The van der Waals surface area contributed by atoms with Crippen LogP contribution >= 0.6 is 11.8 Å². The number of hydrogen-bond acceptors (Lipinski definition) is 9. The van der Waals surface area contributed by atoms with E-state index in [0.717, 1.165) is 23.9 Å². The molecule has 1 fully saturated rings. The minimum atomic E-state index is -4.81. The van der Waals surface area contributed by atoms with E-state index in [4.69, 9.17) is 18.9 Å². The summed E-state index contributed by atoms with van der Waals surface area (Å²) < 4.78 is 62.7. The van der Waals surface area contributed by atoms with E-state index in [1.807, 2.05) is 0 Å². The Labute approximate surface area is 186 Å². The molecule has 1 heterocycles. The van der Waals surface area contributed by atoms with Crippen LogP contribution in [0.1, 0.15) is 27.7 Å². The maximum Gasteiger partial charge on any atom is 0.573 e. The summed E-state index contributed by atoms with van der Waals surface area (Å²) in [5.74, 6) is -2.67. The Hall–Kier alpha value is -2.47. The van der Waals surface area contributed by atoms with Gasteiger partial charge in [0.15, 0.2) is 0 Å². The molecular formula is C20H23F3O8S. The van der Waals surface area contributed by atoms with Crippen LogP contribution in [0.15, 0.2) is 29.2 Å². The topological polar surface area (TPSA) is 97.4 Å². The summed E-state index contributed by atoms with van der Waals surface area (Å²) in [7, 11) is 0. The first-order valence-corrected chi connectivity index (χ1v) is 10.4. The minimum absolute atomic E-state index is 0.209. The highest BCUT2D eigenvalue weighted by Crippen LogP contribution is 2.39. The van der Waals surface area contributed by atoms with E-state index < -0.39 is 53.9 Å². The van der Waals surface area contributed by atoms with Crippen molar-refractivity contribution in [3.63, 3.8) is 0 Å². The molecule has 1 aromatic carbocycles. The van der Waals surface area contributed by atoms with E-state index in [0.29, 0.717) is 4.90 Å². The van der Waals surface area contributed by atoms with Crippen LogP contribution in [0.25, 0.3) is 0 Å². The van der Waals surface area contributed by atoms with Crippen LogP contribution in [-0.2, 0) is 33.3 Å². The molecule has 0 bridgehead atoms. The Kier molecular flexibility index (Phi) is 8.79. The summed E-state index contributed by atoms with van der Waals surface area (Å²) >= 11 is 1.09. The number of halogens is 3. The van der Waals surface area contributed by atoms with Crippen LogP contribution in [0.4, 0.5) is 13.2 Å². The van der Waals surface area contributed by atoms with Gasteiger partial charge in [-0.15, -0.1) is 13.2 Å². The first-order chi connectivity index (χ1) is 14.9. The lowest BCUT2D eigenvalue weighted by Gasteiger charge is -2.43. The average Bonchev–Trinajstić information content (AvgIpc) is 2.65.